The molecule has 1 aromatic rings. The van der Waals surface area contributed by atoms with Gasteiger partial charge in [0.15, 0.2) is 11.6 Å². The molecule has 0 aromatic heterocycles. The van der Waals surface area contributed by atoms with Crippen molar-refractivity contribution in [2.45, 2.75) is 0 Å². The lowest BCUT2D eigenvalue weighted by Crippen LogP contribution is -1.88. The average Bonchev–Trinajstić information content (AvgIpc) is 2.01. The van der Waals surface area contributed by atoms with Gasteiger partial charge in [-0.15, -0.1) is 0 Å². The number of rotatable bonds is 1. The summed E-state index contributed by atoms with van der Waals surface area (Å²) in [5.74, 6) is -0.387. The number of hydrogen-bond acceptors (Lipinski definition) is 1. The molecule has 60 valence electrons. The standard InChI is InChI=1S/C7H5BrClFO/c1-11-5-3-2-4(8)6(9)7(5)10/h2-3H,1H3. The van der Waals surface area contributed by atoms with Crippen molar-refractivity contribution in [1.82, 2.24) is 0 Å². The van der Waals surface area contributed by atoms with Crippen molar-refractivity contribution in [3.8, 4) is 5.75 Å². The van der Waals surface area contributed by atoms with Gasteiger partial charge in [0.2, 0.25) is 0 Å². The van der Waals surface area contributed by atoms with Crippen LogP contribution in [0.2, 0.25) is 5.02 Å². The zero-order valence-corrected chi connectivity index (χ0v) is 8.04. The fraction of sp³-hybridized carbons (Fsp3) is 0.143. The smallest absolute Gasteiger partial charge is 0.184 e. The summed E-state index contributed by atoms with van der Waals surface area (Å²) >= 11 is 8.64. The Bertz CT molecular complexity index is 277. The molecule has 11 heavy (non-hydrogen) atoms. The van der Waals surface area contributed by atoms with E-state index in [-0.39, 0.29) is 10.8 Å². The van der Waals surface area contributed by atoms with Gasteiger partial charge < -0.3 is 4.74 Å². The second kappa shape index (κ2) is 3.41. The van der Waals surface area contributed by atoms with E-state index in [1.54, 1.807) is 6.07 Å². The Labute approximate surface area is 77.2 Å². The van der Waals surface area contributed by atoms with Gasteiger partial charge in [0.05, 0.1) is 12.1 Å². The monoisotopic (exact) mass is 238 g/mol. The number of benzene rings is 1. The van der Waals surface area contributed by atoms with Crippen molar-refractivity contribution >= 4 is 27.5 Å². The Balaban J connectivity index is 3.25. The zero-order chi connectivity index (χ0) is 8.43. The van der Waals surface area contributed by atoms with Gasteiger partial charge in [0.1, 0.15) is 0 Å². The van der Waals surface area contributed by atoms with E-state index in [1.165, 1.54) is 13.2 Å². The predicted octanol–water partition coefficient (Wildman–Crippen LogP) is 3.25. The second-order valence-electron chi connectivity index (χ2n) is 1.88. The van der Waals surface area contributed by atoms with Crippen LogP contribution in [0.15, 0.2) is 16.6 Å². The molecule has 0 fully saturated rings. The van der Waals surface area contributed by atoms with Crippen molar-refractivity contribution in [3.63, 3.8) is 0 Å². The summed E-state index contributed by atoms with van der Waals surface area (Å²) in [5.41, 5.74) is 0. The van der Waals surface area contributed by atoms with Gasteiger partial charge in [-0.2, -0.15) is 0 Å². The highest BCUT2D eigenvalue weighted by molar-refractivity contribution is 9.10. The maximum Gasteiger partial charge on any atom is 0.184 e. The lowest BCUT2D eigenvalue weighted by Gasteiger charge is -2.03. The molecule has 0 saturated heterocycles. The third-order valence-electron chi connectivity index (χ3n) is 1.22. The Kier molecular flexibility index (Phi) is 2.73. The van der Waals surface area contributed by atoms with Crippen LogP contribution in [0, 0.1) is 5.82 Å². The lowest BCUT2D eigenvalue weighted by atomic mass is 10.3. The molecule has 1 rings (SSSR count). The summed E-state index contributed by atoms with van der Waals surface area (Å²) in [4.78, 5) is 0. The van der Waals surface area contributed by atoms with E-state index in [9.17, 15) is 4.39 Å². The first-order chi connectivity index (χ1) is 5.16. The van der Waals surface area contributed by atoms with Crippen molar-refractivity contribution in [2.75, 3.05) is 7.11 Å². The highest BCUT2D eigenvalue weighted by atomic mass is 79.9. The van der Waals surface area contributed by atoms with Gasteiger partial charge >= 0.3 is 0 Å². The number of ether oxygens (including phenoxy) is 1. The van der Waals surface area contributed by atoms with Crippen molar-refractivity contribution in [1.29, 1.82) is 0 Å². The summed E-state index contributed by atoms with van der Waals surface area (Å²) in [5, 5.41) is 0.0457. The molecule has 4 heteroatoms. The fourth-order valence-electron chi connectivity index (χ4n) is 0.666. The van der Waals surface area contributed by atoms with Crippen LogP contribution in [0.1, 0.15) is 0 Å². The first-order valence-corrected chi connectivity index (χ1v) is 4.01. The van der Waals surface area contributed by atoms with Gasteiger partial charge in [-0.25, -0.2) is 4.39 Å². The summed E-state index contributed by atoms with van der Waals surface area (Å²) in [6, 6.07) is 3.13. The van der Waals surface area contributed by atoms with Crippen LogP contribution < -0.4 is 4.74 Å². The minimum absolute atomic E-state index is 0.0457. The quantitative estimate of drug-likeness (QED) is 0.684. The molecule has 0 heterocycles. The third kappa shape index (κ3) is 1.65. The average molecular weight is 239 g/mol. The predicted molar refractivity (Wildman–Crippen MR) is 45.7 cm³/mol. The molecule has 0 spiro atoms. The van der Waals surface area contributed by atoms with Crippen LogP contribution >= 0.6 is 27.5 Å². The number of methoxy groups -OCH3 is 1. The molecule has 0 radical (unpaired) electrons. The van der Waals surface area contributed by atoms with Gasteiger partial charge in [-0.3, -0.25) is 0 Å². The first-order valence-electron chi connectivity index (χ1n) is 2.84. The molecule has 0 aliphatic rings. The largest absolute Gasteiger partial charge is 0.494 e. The van der Waals surface area contributed by atoms with Crippen LogP contribution in [-0.2, 0) is 0 Å². The van der Waals surface area contributed by atoms with Crippen LogP contribution in [0.4, 0.5) is 4.39 Å². The Morgan fingerprint density at radius 2 is 2.18 bits per heavy atom. The lowest BCUT2D eigenvalue weighted by molar-refractivity contribution is 0.386. The molecular formula is C7H5BrClFO. The summed E-state index contributed by atoms with van der Waals surface area (Å²) < 4.78 is 18.2. The van der Waals surface area contributed by atoms with Crippen LogP contribution in [0.5, 0.6) is 5.75 Å². The van der Waals surface area contributed by atoms with Gasteiger partial charge in [0.25, 0.3) is 0 Å². The summed E-state index contributed by atoms with van der Waals surface area (Å²) in [6.07, 6.45) is 0. The molecule has 0 aliphatic carbocycles. The van der Waals surface area contributed by atoms with Crippen LogP contribution in [0.25, 0.3) is 0 Å². The highest BCUT2D eigenvalue weighted by Crippen LogP contribution is 2.31. The third-order valence-corrected chi connectivity index (χ3v) is 2.48. The van der Waals surface area contributed by atoms with E-state index in [2.05, 4.69) is 15.9 Å². The molecule has 0 atom stereocenters. The molecule has 0 amide bonds. The highest BCUT2D eigenvalue weighted by Gasteiger charge is 2.09. The van der Waals surface area contributed by atoms with Gasteiger partial charge in [0, 0.05) is 4.47 Å². The molecule has 1 nitrogen and oxygen atoms in total. The summed E-state index contributed by atoms with van der Waals surface area (Å²) in [6.45, 7) is 0. The van der Waals surface area contributed by atoms with E-state index in [1.807, 2.05) is 0 Å². The van der Waals surface area contributed by atoms with Crippen molar-refractivity contribution in [2.24, 2.45) is 0 Å². The van der Waals surface area contributed by atoms with Crippen molar-refractivity contribution < 1.29 is 9.13 Å². The first kappa shape index (κ1) is 8.81. The molecule has 0 saturated carbocycles. The van der Waals surface area contributed by atoms with Crippen LogP contribution in [-0.4, -0.2) is 7.11 Å². The van der Waals surface area contributed by atoms with E-state index >= 15 is 0 Å². The molecular weight excluding hydrogens is 234 g/mol. The molecule has 0 unspecified atom stereocenters. The minimum Gasteiger partial charge on any atom is -0.494 e. The molecule has 0 aliphatic heterocycles. The van der Waals surface area contributed by atoms with Gasteiger partial charge in [-0.05, 0) is 28.1 Å². The maximum atomic E-state index is 13.0. The minimum atomic E-state index is -0.538. The number of halogens is 3. The Morgan fingerprint density at radius 1 is 1.55 bits per heavy atom. The van der Waals surface area contributed by atoms with E-state index < -0.39 is 5.82 Å². The van der Waals surface area contributed by atoms with E-state index in [0.29, 0.717) is 4.47 Å². The zero-order valence-electron chi connectivity index (χ0n) is 5.70. The van der Waals surface area contributed by atoms with Crippen molar-refractivity contribution in [3.05, 3.63) is 27.4 Å². The summed E-state index contributed by atoms with van der Waals surface area (Å²) in [7, 11) is 1.39. The van der Waals surface area contributed by atoms with Crippen LogP contribution in [0.3, 0.4) is 0 Å². The van der Waals surface area contributed by atoms with E-state index in [4.69, 9.17) is 16.3 Å². The Hall–Kier alpha value is -0.280. The number of hydrogen-bond donors (Lipinski definition) is 0. The fourth-order valence-corrected chi connectivity index (χ4v) is 1.13. The maximum absolute atomic E-state index is 13.0. The van der Waals surface area contributed by atoms with Gasteiger partial charge in [-0.1, -0.05) is 11.6 Å². The Morgan fingerprint density at radius 3 is 2.73 bits per heavy atom. The normalized spacial score (nSPS) is 9.82. The SMILES string of the molecule is COc1ccc(Br)c(Cl)c1F. The second-order valence-corrected chi connectivity index (χ2v) is 3.11. The molecule has 0 N–H and O–H groups in total. The molecule has 0 bridgehead atoms. The van der Waals surface area contributed by atoms with E-state index in [0.717, 1.165) is 0 Å². The topological polar surface area (TPSA) is 9.23 Å². The molecule has 1 aromatic carbocycles.